The van der Waals surface area contributed by atoms with E-state index in [0.29, 0.717) is 10.6 Å². The fourth-order valence-corrected chi connectivity index (χ4v) is 5.68. The van der Waals surface area contributed by atoms with Crippen molar-refractivity contribution < 1.29 is 13.2 Å². The van der Waals surface area contributed by atoms with Crippen molar-refractivity contribution in [3.8, 4) is 0 Å². The topological polar surface area (TPSA) is 66.5 Å². The number of carbonyl (C=O) groups excluding carboxylic acids is 1. The largest absolute Gasteiger partial charge is 0.360 e. The molecule has 0 saturated carbocycles. The molecule has 0 aliphatic carbocycles. The summed E-state index contributed by atoms with van der Waals surface area (Å²) in [6, 6.07) is 16.9. The summed E-state index contributed by atoms with van der Waals surface area (Å²) >= 11 is 1.25. The molecular weight excluding hydrogens is 404 g/mol. The second-order valence-electron chi connectivity index (χ2n) is 6.98. The number of thiophene rings is 1. The Morgan fingerprint density at radius 2 is 1.79 bits per heavy atom. The first kappa shape index (κ1) is 19.4. The monoisotopic (exact) mass is 424 g/mol. The van der Waals surface area contributed by atoms with Gasteiger partial charge in [-0.05, 0) is 48.6 Å². The highest BCUT2D eigenvalue weighted by Crippen LogP contribution is 2.39. The molecule has 5 nitrogen and oxygen atoms in total. The number of benzene rings is 2. The van der Waals surface area contributed by atoms with Gasteiger partial charge in [0.05, 0.1) is 12.2 Å². The number of hydrogen-bond acceptors (Lipinski definition) is 5. The van der Waals surface area contributed by atoms with Crippen LogP contribution in [0.15, 0.2) is 71.1 Å². The number of aryl methyl sites for hydroxylation is 2. The SMILES string of the molecule is Cc1ccc(CN2c3ccsc3C(=O)C(=CNc3cccc(C)c3)S2(=O)=O)cc1. The van der Waals surface area contributed by atoms with Crippen molar-refractivity contribution in [2.24, 2.45) is 0 Å². The second kappa shape index (κ2) is 7.50. The van der Waals surface area contributed by atoms with Crippen LogP contribution in [0.25, 0.3) is 0 Å². The number of nitrogens with one attached hydrogen (secondary N) is 1. The van der Waals surface area contributed by atoms with E-state index in [9.17, 15) is 13.2 Å². The van der Waals surface area contributed by atoms with E-state index in [1.165, 1.54) is 21.8 Å². The van der Waals surface area contributed by atoms with Gasteiger partial charge in [-0.1, -0.05) is 42.0 Å². The molecule has 2 aromatic carbocycles. The summed E-state index contributed by atoms with van der Waals surface area (Å²) in [5, 5.41) is 4.72. The summed E-state index contributed by atoms with van der Waals surface area (Å²) in [5.41, 5.74) is 4.16. The maximum atomic E-state index is 13.3. The predicted molar refractivity (Wildman–Crippen MR) is 118 cm³/mol. The highest BCUT2D eigenvalue weighted by Gasteiger charge is 2.41. The number of nitrogens with zero attached hydrogens (tertiary/aromatic N) is 1. The lowest BCUT2D eigenvalue weighted by atomic mass is 10.1. The standard InChI is InChI=1S/C22H20N2O3S2/c1-15-6-8-17(9-7-15)14-24-19-10-11-28-22(19)21(25)20(29(24,26)27)13-23-18-5-3-4-16(2)12-18/h3-13,23H,14H2,1-2H3. The number of Topliss-reactive ketones (excluding diaryl/α,β-unsaturated/α-hetero) is 1. The first-order chi connectivity index (χ1) is 13.9. The Hall–Kier alpha value is -2.90. The van der Waals surface area contributed by atoms with Gasteiger partial charge in [0.15, 0.2) is 4.91 Å². The minimum Gasteiger partial charge on any atom is -0.360 e. The van der Waals surface area contributed by atoms with Crippen molar-refractivity contribution >= 4 is 38.5 Å². The van der Waals surface area contributed by atoms with E-state index in [1.54, 1.807) is 11.4 Å². The van der Waals surface area contributed by atoms with Crippen LogP contribution < -0.4 is 9.62 Å². The lowest BCUT2D eigenvalue weighted by Crippen LogP contribution is -2.38. The molecule has 1 aliphatic heterocycles. The van der Waals surface area contributed by atoms with E-state index in [2.05, 4.69) is 5.32 Å². The number of sulfonamides is 1. The average molecular weight is 425 g/mol. The third-order valence-corrected chi connectivity index (χ3v) is 7.41. The fraction of sp³-hybridized carbons (Fsp3) is 0.136. The molecule has 0 spiro atoms. The second-order valence-corrected chi connectivity index (χ2v) is 9.73. The van der Waals surface area contributed by atoms with Crippen LogP contribution in [0.1, 0.15) is 26.4 Å². The summed E-state index contributed by atoms with van der Waals surface area (Å²) in [5.74, 6) is -0.477. The lowest BCUT2D eigenvalue weighted by molar-refractivity contribution is 0.104. The van der Waals surface area contributed by atoms with E-state index in [4.69, 9.17) is 0 Å². The quantitative estimate of drug-likeness (QED) is 0.608. The molecule has 1 N–H and O–H groups in total. The summed E-state index contributed by atoms with van der Waals surface area (Å²) in [6.07, 6.45) is 1.30. The smallest absolute Gasteiger partial charge is 0.270 e. The minimum atomic E-state index is -4.00. The summed E-state index contributed by atoms with van der Waals surface area (Å²) in [6.45, 7) is 4.10. The van der Waals surface area contributed by atoms with Crippen molar-refractivity contribution in [2.75, 3.05) is 9.62 Å². The molecule has 29 heavy (non-hydrogen) atoms. The Kier molecular flexibility index (Phi) is 5.02. The van der Waals surface area contributed by atoms with E-state index in [1.807, 2.05) is 62.4 Å². The zero-order chi connectivity index (χ0) is 20.6. The van der Waals surface area contributed by atoms with Gasteiger partial charge in [0.2, 0.25) is 5.78 Å². The molecule has 0 unspecified atom stereocenters. The van der Waals surface area contributed by atoms with Crippen molar-refractivity contribution in [1.82, 2.24) is 0 Å². The Labute approximate surface area is 174 Å². The van der Waals surface area contributed by atoms with Crippen LogP contribution in [0.2, 0.25) is 0 Å². The maximum absolute atomic E-state index is 13.3. The Morgan fingerprint density at radius 3 is 2.52 bits per heavy atom. The van der Waals surface area contributed by atoms with Gasteiger partial charge in [-0.25, -0.2) is 8.42 Å². The molecule has 0 amide bonds. The first-order valence-corrected chi connectivity index (χ1v) is 11.4. The van der Waals surface area contributed by atoms with E-state index in [0.717, 1.165) is 22.4 Å². The van der Waals surface area contributed by atoms with Crippen LogP contribution in [0.3, 0.4) is 0 Å². The van der Waals surface area contributed by atoms with Crippen LogP contribution in [-0.2, 0) is 16.6 Å². The number of ketones is 1. The van der Waals surface area contributed by atoms with Gasteiger partial charge in [0.1, 0.15) is 4.88 Å². The van der Waals surface area contributed by atoms with E-state index < -0.39 is 15.8 Å². The van der Waals surface area contributed by atoms with Crippen molar-refractivity contribution in [3.05, 3.63) is 92.6 Å². The number of anilines is 2. The molecule has 0 bridgehead atoms. The molecule has 4 rings (SSSR count). The van der Waals surface area contributed by atoms with Crippen molar-refractivity contribution in [3.63, 3.8) is 0 Å². The van der Waals surface area contributed by atoms with Gasteiger partial charge in [-0.3, -0.25) is 9.10 Å². The number of allylic oxidation sites excluding steroid dienone is 1. The van der Waals surface area contributed by atoms with E-state index >= 15 is 0 Å². The molecule has 7 heteroatoms. The molecule has 148 valence electrons. The van der Waals surface area contributed by atoms with Gasteiger partial charge in [0, 0.05) is 11.9 Å². The molecule has 1 aliphatic rings. The molecule has 0 fully saturated rings. The van der Waals surface area contributed by atoms with Crippen LogP contribution >= 0.6 is 11.3 Å². The number of fused-ring (bicyclic) bond motifs is 1. The molecule has 1 aromatic heterocycles. The third kappa shape index (κ3) is 3.71. The zero-order valence-electron chi connectivity index (χ0n) is 16.0. The van der Waals surface area contributed by atoms with Gasteiger partial charge in [0.25, 0.3) is 10.0 Å². The molecule has 2 heterocycles. The van der Waals surface area contributed by atoms with Crippen molar-refractivity contribution in [1.29, 1.82) is 0 Å². The van der Waals surface area contributed by atoms with Crippen LogP contribution in [-0.4, -0.2) is 14.2 Å². The molecule has 0 atom stereocenters. The Balaban J connectivity index is 1.74. The minimum absolute atomic E-state index is 0.168. The van der Waals surface area contributed by atoms with Gasteiger partial charge < -0.3 is 5.32 Å². The van der Waals surface area contributed by atoms with Gasteiger partial charge in [-0.2, -0.15) is 0 Å². The highest BCUT2D eigenvalue weighted by atomic mass is 32.2. The summed E-state index contributed by atoms with van der Waals surface area (Å²) in [4.78, 5) is 13.1. The first-order valence-electron chi connectivity index (χ1n) is 9.10. The molecule has 0 saturated heterocycles. The van der Waals surface area contributed by atoms with Crippen molar-refractivity contribution in [2.45, 2.75) is 20.4 Å². The fourth-order valence-electron chi connectivity index (χ4n) is 3.20. The normalized spacial score (nSPS) is 16.7. The molecular formula is C22H20N2O3S2. The summed E-state index contributed by atoms with van der Waals surface area (Å²) in [7, 11) is -4.00. The molecule has 3 aromatic rings. The Bertz CT molecular complexity index is 1210. The predicted octanol–water partition coefficient (Wildman–Crippen LogP) is 4.85. The maximum Gasteiger partial charge on any atom is 0.270 e. The van der Waals surface area contributed by atoms with Gasteiger partial charge in [-0.15, -0.1) is 11.3 Å². The van der Waals surface area contributed by atoms with Crippen LogP contribution in [0.5, 0.6) is 0 Å². The van der Waals surface area contributed by atoms with Crippen LogP contribution in [0, 0.1) is 13.8 Å². The lowest BCUT2D eigenvalue weighted by Gasteiger charge is -2.29. The average Bonchev–Trinajstić information content (AvgIpc) is 3.16. The number of hydrogen-bond donors (Lipinski definition) is 1. The van der Waals surface area contributed by atoms with Crippen LogP contribution in [0.4, 0.5) is 11.4 Å². The zero-order valence-corrected chi connectivity index (χ0v) is 17.7. The number of rotatable bonds is 4. The third-order valence-electron chi connectivity index (χ3n) is 4.75. The number of carbonyl (C=O) groups is 1. The van der Waals surface area contributed by atoms with E-state index in [-0.39, 0.29) is 11.4 Å². The Morgan fingerprint density at radius 1 is 1.03 bits per heavy atom. The summed E-state index contributed by atoms with van der Waals surface area (Å²) < 4.78 is 28.0. The highest BCUT2D eigenvalue weighted by molar-refractivity contribution is 7.97. The molecule has 0 radical (unpaired) electrons. The van der Waals surface area contributed by atoms with Gasteiger partial charge >= 0.3 is 0 Å².